The van der Waals surface area contributed by atoms with Crippen LogP contribution in [0.1, 0.15) is 32.4 Å². The molecule has 1 heterocycles. The van der Waals surface area contributed by atoms with Crippen LogP contribution in [0.3, 0.4) is 0 Å². The first kappa shape index (κ1) is 13.4. The highest BCUT2D eigenvalue weighted by Crippen LogP contribution is 2.35. The summed E-state index contributed by atoms with van der Waals surface area (Å²) in [4.78, 5) is 7.15. The quantitative estimate of drug-likeness (QED) is 0.905. The van der Waals surface area contributed by atoms with Crippen molar-refractivity contribution in [3.05, 3.63) is 36.0 Å². The lowest BCUT2D eigenvalue weighted by Gasteiger charge is -2.30. The van der Waals surface area contributed by atoms with Gasteiger partial charge in [-0.05, 0) is 44.7 Å². The Kier molecular flexibility index (Phi) is 3.62. The first-order valence-corrected chi connectivity index (χ1v) is 7.54. The number of nitrogens with zero attached hydrogens (tertiary/aromatic N) is 2. The second kappa shape index (κ2) is 5.41. The van der Waals surface area contributed by atoms with Crippen molar-refractivity contribution in [3.8, 4) is 0 Å². The molecule has 2 aromatic rings. The summed E-state index contributed by atoms with van der Waals surface area (Å²) < 4.78 is 0. The van der Waals surface area contributed by atoms with Gasteiger partial charge in [0.1, 0.15) is 0 Å². The summed E-state index contributed by atoms with van der Waals surface area (Å²) in [6.45, 7) is 6.17. The Morgan fingerprint density at radius 2 is 2.05 bits per heavy atom. The zero-order valence-corrected chi connectivity index (χ0v) is 12.3. The van der Waals surface area contributed by atoms with Crippen molar-refractivity contribution in [2.75, 3.05) is 11.4 Å². The zero-order chi connectivity index (χ0) is 14.1. The average molecular weight is 269 g/mol. The first-order chi connectivity index (χ1) is 9.69. The summed E-state index contributed by atoms with van der Waals surface area (Å²) in [6, 6.07) is 11.0. The van der Waals surface area contributed by atoms with Gasteiger partial charge in [0.2, 0.25) is 0 Å². The van der Waals surface area contributed by atoms with Gasteiger partial charge in [0.05, 0.1) is 11.2 Å². The average Bonchev–Trinajstić information content (AvgIpc) is 3.27. The fourth-order valence-corrected chi connectivity index (χ4v) is 2.72. The van der Waals surface area contributed by atoms with Crippen LogP contribution < -0.4 is 10.6 Å². The summed E-state index contributed by atoms with van der Waals surface area (Å²) in [7, 11) is 0. The van der Waals surface area contributed by atoms with E-state index in [1.54, 1.807) is 0 Å². The van der Waals surface area contributed by atoms with Crippen molar-refractivity contribution in [2.45, 2.75) is 39.3 Å². The molecule has 3 heteroatoms. The Balaban J connectivity index is 2.10. The number of anilines is 1. The van der Waals surface area contributed by atoms with Gasteiger partial charge in [-0.25, -0.2) is 0 Å². The molecule has 106 valence electrons. The number of benzene rings is 1. The van der Waals surface area contributed by atoms with Gasteiger partial charge in [0.15, 0.2) is 0 Å². The van der Waals surface area contributed by atoms with Crippen molar-refractivity contribution in [1.29, 1.82) is 0 Å². The van der Waals surface area contributed by atoms with Crippen LogP contribution in [0, 0.1) is 5.92 Å². The van der Waals surface area contributed by atoms with Gasteiger partial charge in [-0.15, -0.1) is 0 Å². The van der Waals surface area contributed by atoms with E-state index in [2.05, 4.69) is 48.0 Å². The Morgan fingerprint density at radius 3 is 2.70 bits per heavy atom. The topological polar surface area (TPSA) is 42.1 Å². The molecule has 0 spiro atoms. The summed E-state index contributed by atoms with van der Waals surface area (Å²) in [5, 5.41) is 1.24. The van der Waals surface area contributed by atoms with Crippen LogP contribution in [0.4, 0.5) is 5.69 Å². The third kappa shape index (κ3) is 2.63. The number of rotatable bonds is 5. The predicted octanol–water partition coefficient (Wildman–Crippen LogP) is 3.32. The van der Waals surface area contributed by atoms with E-state index in [0.29, 0.717) is 12.6 Å². The molecule has 0 unspecified atom stereocenters. The van der Waals surface area contributed by atoms with E-state index in [0.717, 1.165) is 23.7 Å². The Hall–Kier alpha value is -1.61. The molecule has 1 fully saturated rings. The molecule has 3 nitrogen and oxygen atoms in total. The molecule has 1 aliphatic rings. The highest BCUT2D eigenvalue weighted by Gasteiger charge is 2.26. The SMILES string of the molecule is CC(C)N(CC1CC1)c1cc(CN)nc2ccccc12. The normalized spacial score (nSPS) is 15.0. The van der Waals surface area contributed by atoms with Gasteiger partial charge in [0, 0.05) is 30.2 Å². The van der Waals surface area contributed by atoms with E-state index in [1.807, 2.05) is 6.07 Å². The second-order valence-electron chi connectivity index (χ2n) is 6.04. The largest absolute Gasteiger partial charge is 0.368 e. The van der Waals surface area contributed by atoms with Crippen LogP contribution in [0.25, 0.3) is 10.9 Å². The van der Waals surface area contributed by atoms with Crippen LogP contribution >= 0.6 is 0 Å². The zero-order valence-electron chi connectivity index (χ0n) is 12.3. The molecular formula is C17H23N3. The predicted molar refractivity (Wildman–Crippen MR) is 84.8 cm³/mol. The van der Waals surface area contributed by atoms with Gasteiger partial charge in [-0.1, -0.05) is 18.2 Å². The third-order valence-electron chi connectivity index (χ3n) is 4.04. The minimum Gasteiger partial charge on any atom is -0.368 e. The lowest BCUT2D eigenvalue weighted by atomic mass is 10.1. The molecule has 1 saturated carbocycles. The summed E-state index contributed by atoms with van der Waals surface area (Å²) in [5.74, 6) is 0.866. The molecule has 1 aromatic heterocycles. The maximum Gasteiger partial charge on any atom is 0.0726 e. The van der Waals surface area contributed by atoms with Crippen LogP contribution in [0.2, 0.25) is 0 Å². The summed E-state index contributed by atoms with van der Waals surface area (Å²) in [6.07, 6.45) is 2.74. The van der Waals surface area contributed by atoms with E-state index in [4.69, 9.17) is 5.73 Å². The minimum atomic E-state index is 0.493. The van der Waals surface area contributed by atoms with Gasteiger partial charge in [-0.2, -0.15) is 0 Å². The Morgan fingerprint density at radius 1 is 1.30 bits per heavy atom. The van der Waals surface area contributed by atoms with Crippen molar-refractivity contribution in [2.24, 2.45) is 11.7 Å². The molecular weight excluding hydrogens is 246 g/mol. The van der Waals surface area contributed by atoms with Crippen LogP contribution in [-0.2, 0) is 6.54 Å². The number of aromatic nitrogens is 1. The van der Waals surface area contributed by atoms with Crippen LogP contribution in [-0.4, -0.2) is 17.6 Å². The highest BCUT2D eigenvalue weighted by atomic mass is 15.2. The highest BCUT2D eigenvalue weighted by molar-refractivity contribution is 5.92. The molecule has 0 bridgehead atoms. The van der Waals surface area contributed by atoms with E-state index in [1.165, 1.54) is 23.9 Å². The third-order valence-corrected chi connectivity index (χ3v) is 4.04. The molecule has 0 amide bonds. The number of pyridine rings is 1. The summed E-state index contributed by atoms with van der Waals surface area (Å²) in [5.41, 5.74) is 9.13. The van der Waals surface area contributed by atoms with Gasteiger partial charge >= 0.3 is 0 Å². The lowest BCUT2D eigenvalue weighted by Crippen LogP contribution is -2.33. The van der Waals surface area contributed by atoms with E-state index in [9.17, 15) is 0 Å². The molecule has 0 aliphatic heterocycles. The lowest BCUT2D eigenvalue weighted by molar-refractivity contribution is 0.646. The van der Waals surface area contributed by atoms with E-state index >= 15 is 0 Å². The maximum atomic E-state index is 5.82. The van der Waals surface area contributed by atoms with E-state index in [-0.39, 0.29) is 0 Å². The number of hydrogen-bond acceptors (Lipinski definition) is 3. The molecule has 0 radical (unpaired) electrons. The van der Waals surface area contributed by atoms with Crippen molar-refractivity contribution < 1.29 is 0 Å². The van der Waals surface area contributed by atoms with Crippen molar-refractivity contribution >= 4 is 16.6 Å². The van der Waals surface area contributed by atoms with Crippen LogP contribution in [0.15, 0.2) is 30.3 Å². The molecule has 20 heavy (non-hydrogen) atoms. The first-order valence-electron chi connectivity index (χ1n) is 7.54. The number of fused-ring (bicyclic) bond motifs is 1. The Labute approximate surface area is 120 Å². The van der Waals surface area contributed by atoms with Gasteiger partial charge in [0.25, 0.3) is 0 Å². The van der Waals surface area contributed by atoms with Gasteiger partial charge < -0.3 is 10.6 Å². The second-order valence-corrected chi connectivity index (χ2v) is 6.04. The molecule has 3 rings (SSSR count). The molecule has 0 saturated heterocycles. The van der Waals surface area contributed by atoms with Crippen molar-refractivity contribution in [1.82, 2.24) is 4.98 Å². The number of para-hydroxylation sites is 1. The number of hydrogen-bond donors (Lipinski definition) is 1. The fourth-order valence-electron chi connectivity index (χ4n) is 2.72. The Bertz CT molecular complexity index is 602. The van der Waals surface area contributed by atoms with E-state index < -0.39 is 0 Å². The molecule has 1 aliphatic carbocycles. The van der Waals surface area contributed by atoms with Gasteiger partial charge in [-0.3, -0.25) is 4.98 Å². The molecule has 2 N–H and O–H groups in total. The molecule has 0 atom stereocenters. The van der Waals surface area contributed by atoms with Crippen molar-refractivity contribution in [3.63, 3.8) is 0 Å². The standard InChI is InChI=1S/C17H23N3/c1-12(2)20(11-13-7-8-13)17-9-14(10-18)19-16-6-4-3-5-15(16)17/h3-6,9,12-13H,7-8,10-11,18H2,1-2H3. The summed E-state index contributed by atoms with van der Waals surface area (Å²) >= 11 is 0. The smallest absolute Gasteiger partial charge is 0.0726 e. The monoisotopic (exact) mass is 269 g/mol. The number of nitrogens with two attached hydrogens (primary N) is 1. The fraction of sp³-hybridized carbons (Fsp3) is 0.471. The minimum absolute atomic E-state index is 0.493. The molecule has 1 aromatic carbocycles. The van der Waals surface area contributed by atoms with Crippen LogP contribution in [0.5, 0.6) is 0 Å². The maximum absolute atomic E-state index is 5.82.